The molecule has 0 radical (unpaired) electrons. The van der Waals surface area contributed by atoms with Gasteiger partial charge in [-0.05, 0) is 93.8 Å². The monoisotopic (exact) mass is 455 g/mol. The van der Waals surface area contributed by atoms with Gasteiger partial charge in [0.1, 0.15) is 0 Å². The van der Waals surface area contributed by atoms with Gasteiger partial charge < -0.3 is 15.2 Å². The average molecular weight is 456 g/mol. The topological polar surface area (TPSA) is 114 Å². The number of benzene rings is 2. The summed E-state index contributed by atoms with van der Waals surface area (Å²) in [7, 11) is 0.361. The summed E-state index contributed by atoms with van der Waals surface area (Å²) in [6, 6.07) is 12.7. The predicted molar refractivity (Wildman–Crippen MR) is 123 cm³/mol. The van der Waals surface area contributed by atoms with Crippen molar-refractivity contribution in [3.8, 4) is 22.8 Å². The van der Waals surface area contributed by atoms with Crippen molar-refractivity contribution in [2.45, 2.75) is 36.6 Å². The van der Waals surface area contributed by atoms with Gasteiger partial charge >= 0.3 is 0 Å². The van der Waals surface area contributed by atoms with Gasteiger partial charge in [0.15, 0.2) is 0 Å². The lowest BCUT2D eigenvalue weighted by Gasteiger charge is -2.22. The SMILES string of the molecule is CN(C)CCCNS(=O)(=O)c1ccc(-c2noc(-c3ccc4c(c3)CCCC4N)n2)cc1. The summed E-state index contributed by atoms with van der Waals surface area (Å²) < 4.78 is 33.1. The first kappa shape index (κ1) is 22.6. The van der Waals surface area contributed by atoms with Crippen molar-refractivity contribution in [3.05, 3.63) is 53.6 Å². The highest BCUT2D eigenvalue weighted by Gasteiger charge is 2.19. The maximum absolute atomic E-state index is 12.5. The van der Waals surface area contributed by atoms with E-state index in [0.717, 1.165) is 37.8 Å². The zero-order chi connectivity index (χ0) is 22.7. The van der Waals surface area contributed by atoms with Crippen LogP contribution in [0, 0.1) is 0 Å². The second-order valence-corrected chi connectivity index (χ2v) is 10.2. The first-order valence-electron chi connectivity index (χ1n) is 10.8. The molecule has 0 bridgehead atoms. The van der Waals surface area contributed by atoms with Crippen LogP contribution in [0.15, 0.2) is 51.9 Å². The minimum Gasteiger partial charge on any atom is -0.334 e. The third-order valence-corrected chi connectivity index (χ3v) is 7.15. The number of sulfonamides is 1. The second kappa shape index (κ2) is 9.50. The van der Waals surface area contributed by atoms with E-state index in [1.54, 1.807) is 24.3 Å². The summed E-state index contributed by atoms with van der Waals surface area (Å²) >= 11 is 0. The molecule has 32 heavy (non-hydrogen) atoms. The van der Waals surface area contributed by atoms with Crippen LogP contribution in [0.25, 0.3) is 22.8 Å². The fourth-order valence-corrected chi connectivity index (χ4v) is 4.99. The molecule has 1 atom stereocenters. The highest BCUT2D eigenvalue weighted by atomic mass is 32.2. The molecule has 1 unspecified atom stereocenters. The molecule has 1 heterocycles. The quantitative estimate of drug-likeness (QED) is 0.502. The lowest BCUT2D eigenvalue weighted by molar-refractivity contribution is 0.400. The van der Waals surface area contributed by atoms with Gasteiger partial charge in [-0.2, -0.15) is 4.98 Å². The van der Waals surface area contributed by atoms with Gasteiger partial charge in [0.05, 0.1) is 4.90 Å². The number of nitrogens with zero attached hydrogens (tertiary/aromatic N) is 3. The molecule has 1 aliphatic carbocycles. The van der Waals surface area contributed by atoms with E-state index in [4.69, 9.17) is 10.3 Å². The summed E-state index contributed by atoms with van der Waals surface area (Å²) in [5.74, 6) is 0.846. The third kappa shape index (κ3) is 5.07. The molecule has 3 aromatic rings. The van der Waals surface area contributed by atoms with Crippen LogP contribution in [0.1, 0.15) is 36.4 Å². The van der Waals surface area contributed by atoms with Crippen LogP contribution in [-0.4, -0.2) is 50.6 Å². The van der Waals surface area contributed by atoms with Crippen LogP contribution in [-0.2, 0) is 16.4 Å². The molecular formula is C23H29N5O3S. The molecule has 170 valence electrons. The molecular weight excluding hydrogens is 426 g/mol. The number of nitrogens with two attached hydrogens (primary N) is 1. The highest BCUT2D eigenvalue weighted by molar-refractivity contribution is 7.89. The van der Waals surface area contributed by atoms with Gasteiger partial charge in [-0.1, -0.05) is 11.2 Å². The van der Waals surface area contributed by atoms with Crippen LogP contribution < -0.4 is 10.5 Å². The molecule has 2 aromatic carbocycles. The van der Waals surface area contributed by atoms with Crippen LogP contribution in [0.5, 0.6) is 0 Å². The lowest BCUT2D eigenvalue weighted by atomic mass is 9.87. The zero-order valence-corrected chi connectivity index (χ0v) is 19.2. The zero-order valence-electron chi connectivity index (χ0n) is 18.4. The van der Waals surface area contributed by atoms with Crippen molar-refractivity contribution in [2.75, 3.05) is 27.2 Å². The average Bonchev–Trinajstić information content (AvgIpc) is 3.27. The number of nitrogens with one attached hydrogen (secondary N) is 1. The molecule has 0 fully saturated rings. The molecule has 0 saturated carbocycles. The van der Waals surface area contributed by atoms with Crippen molar-refractivity contribution in [1.82, 2.24) is 19.8 Å². The van der Waals surface area contributed by atoms with Gasteiger partial charge in [-0.25, -0.2) is 13.1 Å². The van der Waals surface area contributed by atoms with E-state index in [-0.39, 0.29) is 10.9 Å². The van der Waals surface area contributed by atoms with Crippen molar-refractivity contribution < 1.29 is 12.9 Å². The molecule has 4 rings (SSSR count). The Kier molecular flexibility index (Phi) is 6.71. The molecule has 3 N–H and O–H groups in total. The third-order valence-electron chi connectivity index (χ3n) is 5.67. The van der Waals surface area contributed by atoms with E-state index in [1.807, 2.05) is 31.1 Å². The summed E-state index contributed by atoms with van der Waals surface area (Å²) in [5.41, 5.74) is 10.2. The Bertz CT molecular complexity index is 1170. The van der Waals surface area contributed by atoms with Crippen molar-refractivity contribution in [1.29, 1.82) is 0 Å². The Morgan fingerprint density at radius 2 is 1.91 bits per heavy atom. The Balaban J connectivity index is 1.47. The molecule has 0 spiro atoms. The van der Waals surface area contributed by atoms with E-state index in [9.17, 15) is 8.42 Å². The molecule has 1 aromatic heterocycles. The standard InChI is InChI=1S/C23H29N5O3S/c1-28(2)14-4-13-25-32(29,30)19-10-7-16(8-11-19)22-26-23(31-27-22)18-9-12-20-17(15-18)5-3-6-21(20)24/h7-12,15,21,25H,3-6,13-14,24H2,1-2H3. The number of aromatic nitrogens is 2. The Morgan fingerprint density at radius 1 is 1.16 bits per heavy atom. The van der Waals surface area contributed by atoms with Gasteiger partial charge in [0.2, 0.25) is 15.8 Å². The normalized spacial score (nSPS) is 16.3. The van der Waals surface area contributed by atoms with E-state index in [0.29, 0.717) is 23.8 Å². The van der Waals surface area contributed by atoms with Crippen LogP contribution >= 0.6 is 0 Å². The predicted octanol–water partition coefficient (Wildman–Crippen LogP) is 2.97. The molecule has 0 saturated heterocycles. The largest absolute Gasteiger partial charge is 0.334 e. The molecule has 0 aliphatic heterocycles. The number of aryl methyl sites for hydroxylation is 1. The number of rotatable bonds is 8. The maximum Gasteiger partial charge on any atom is 0.258 e. The summed E-state index contributed by atoms with van der Waals surface area (Å²) in [6.45, 7) is 1.21. The Labute approximate surface area is 188 Å². The minimum atomic E-state index is -3.55. The first-order valence-corrected chi connectivity index (χ1v) is 12.3. The first-order chi connectivity index (χ1) is 15.3. The van der Waals surface area contributed by atoms with Crippen LogP contribution in [0.3, 0.4) is 0 Å². The smallest absolute Gasteiger partial charge is 0.258 e. The van der Waals surface area contributed by atoms with E-state index in [1.165, 1.54) is 11.1 Å². The molecule has 8 nitrogen and oxygen atoms in total. The van der Waals surface area contributed by atoms with Gasteiger partial charge in [-0.3, -0.25) is 0 Å². The maximum atomic E-state index is 12.5. The van der Waals surface area contributed by atoms with Crippen molar-refractivity contribution >= 4 is 10.0 Å². The summed E-state index contributed by atoms with van der Waals surface area (Å²) in [6.07, 6.45) is 3.82. The summed E-state index contributed by atoms with van der Waals surface area (Å²) in [4.78, 5) is 6.73. The van der Waals surface area contributed by atoms with Gasteiger partial charge in [0.25, 0.3) is 5.89 Å². The minimum absolute atomic E-state index is 0.0864. The number of hydrogen-bond donors (Lipinski definition) is 2. The van der Waals surface area contributed by atoms with E-state index >= 15 is 0 Å². The fraction of sp³-hybridized carbons (Fsp3) is 0.391. The fourth-order valence-electron chi connectivity index (χ4n) is 3.91. The number of hydrogen-bond acceptors (Lipinski definition) is 7. The molecule has 0 amide bonds. The van der Waals surface area contributed by atoms with Crippen molar-refractivity contribution in [2.24, 2.45) is 5.73 Å². The van der Waals surface area contributed by atoms with Crippen LogP contribution in [0.4, 0.5) is 0 Å². The van der Waals surface area contributed by atoms with Gasteiger partial charge in [0, 0.05) is 23.7 Å². The Hall–Kier alpha value is -2.59. The molecule has 1 aliphatic rings. The number of fused-ring (bicyclic) bond motifs is 1. The Morgan fingerprint density at radius 3 is 2.66 bits per heavy atom. The highest BCUT2D eigenvalue weighted by Crippen LogP contribution is 2.32. The van der Waals surface area contributed by atoms with Crippen molar-refractivity contribution in [3.63, 3.8) is 0 Å². The molecule has 9 heteroatoms. The van der Waals surface area contributed by atoms with E-state index in [2.05, 4.69) is 20.9 Å². The van der Waals surface area contributed by atoms with Crippen LogP contribution in [0.2, 0.25) is 0 Å². The summed E-state index contributed by atoms with van der Waals surface area (Å²) in [5, 5.41) is 4.08. The van der Waals surface area contributed by atoms with Gasteiger partial charge in [-0.15, -0.1) is 0 Å². The van der Waals surface area contributed by atoms with E-state index < -0.39 is 10.0 Å². The second-order valence-electron chi connectivity index (χ2n) is 8.41. The lowest BCUT2D eigenvalue weighted by Crippen LogP contribution is -2.27.